The Morgan fingerprint density at radius 3 is 2.63 bits per heavy atom. The van der Waals surface area contributed by atoms with Crippen LogP contribution in [0.1, 0.15) is 30.5 Å². The summed E-state index contributed by atoms with van der Waals surface area (Å²) in [7, 11) is 3.20. The zero-order valence-electron chi connectivity index (χ0n) is 17.2. The van der Waals surface area contributed by atoms with E-state index in [-0.39, 0.29) is 5.41 Å². The van der Waals surface area contributed by atoms with Gasteiger partial charge in [0, 0.05) is 36.2 Å². The van der Waals surface area contributed by atoms with Crippen LogP contribution in [0.3, 0.4) is 0 Å². The second-order valence-corrected chi connectivity index (χ2v) is 8.04. The van der Waals surface area contributed by atoms with Gasteiger partial charge in [-0.25, -0.2) is 15.0 Å². The Hall–Kier alpha value is -3.36. The number of hydrogen-bond acceptors (Lipinski definition) is 9. The molecule has 1 aliphatic carbocycles. The van der Waals surface area contributed by atoms with E-state index in [1.807, 2.05) is 18.3 Å². The fourth-order valence-electron chi connectivity index (χ4n) is 4.86. The van der Waals surface area contributed by atoms with Gasteiger partial charge in [0.2, 0.25) is 11.9 Å². The zero-order valence-corrected chi connectivity index (χ0v) is 17.2. The van der Waals surface area contributed by atoms with Gasteiger partial charge in [-0.1, -0.05) is 0 Å². The van der Waals surface area contributed by atoms with Crippen molar-refractivity contribution in [2.45, 2.75) is 31.1 Å². The first-order valence-electron chi connectivity index (χ1n) is 10.1. The second kappa shape index (κ2) is 6.86. The molecule has 0 bridgehead atoms. The van der Waals surface area contributed by atoms with Crippen LogP contribution in [-0.2, 0) is 11.8 Å². The minimum atomic E-state index is -0.0463. The van der Waals surface area contributed by atoms with E-state index in [2.05, 4.69) is 19.9 Å². The number of methoxy groups -OCH3 is 2. The third-order valence-corrected chi connectivity index (χ3v) is 6.34. The van der Waals surface area contributed by atoms with E-state index in [1.54, 1.807) is 14.2 Å². The number of aromatic nitrogens is 4. The summed E-state index contributed by atoms with van der Waals surface area (Å²) in [5.74, 6) is 2.60. The first-order valence-corrected chi connectivity index (χ1v) is 10.1. The maximum Gasteiger partial charge on any atom is 0.227 e. The minimum Gasteiger partial charge on any atom is -0.493 e. The number of ether oxygens (including phenoxy) is 2. The van der Waals surface area contributed by atoms with Crippen molar-refractivity contribution in [2.24, 2.45) is 0 Å². The molecule has 3 heterocycles. The second-order valence-electron chi connectivity index (χ2n) is 8.04. The highest BCUT2D eigenvalue weighted by atomic mass is 16.5. The maximum absolute atomic E-state index is 6.31. The summed E-state index contributed by atoms with van der Waals surface area (Å²) in [6.45, 7) is 1.66. The highest BCUT2D eigenvalue weighted by Gasteiger charge is 2.44. The largest absolute Gasteiger partial charge is 0.493 e. The molecule has 9 nitrogen and oxygen atoms in total. The SMILES string of the molecule is COc1cc2nc(N3CCCC4(CCc5cnc(N)nc54)C3)nc(N)c2cc1OC. The summed E-state index contributed by atoms with van der Waals surface area (Å²) in [6.07, 6.45) is 5.97. The van der Waals surface area contributed by atoms with Crippen molar-refractivity contribution >= 4 is 28.6 Å². The van der Waals surface area contributed by atoms with Crippen molar-refractivity contribution in [2.75, 3.05) is 43.7 Å². The quantitative estimate of drug-likeness (QED) is 0.671. The number of hydrogen-bond donors (Lipinski definition) is 2. The number of anilines is 3. The van der Waals surface area contributed by atoms with E-state index in [9.17, 15) is 0 Å². The summed E-state index contributed by atoms with van der Waals surface area (Å²) < 4.78 is 10.8. The molecule has 30 heavy (non-hydrogen) atoms. The molecule has 1 saturated heterocycles. The van der Waals surface area contributed by atoms with Gasteiger partial charge < -0.3 is 25.8 Å². The molecule has 1 aliphatic heterocycles. The molecule has 9 heteroatoms. The lowest BCUT2D eigenvalue weighted by atomic mass is 9.77. The molecule has 1 spiro atoms. The molecule has 1 unspecified atom stereocenters. The standard InChI is InChI=1S/C21H25N7O2/c1-29-15-8-13-14(9-16(15)30-2)25-20(27-18(13)22)28-7-3-5-21(11-28)6-4-12-10-24-19(23)26-17(12)21/h8-10H,3-7,11H2,1-2H3,(H2,22,25,27)(H2,23,24,26). The summed E-state index contributed by atoms with van der Waals surface area (Å²) in [4.78, 5) is 20.4. The normalized spacial score (nSPS) is 20.5. The van der Waals surface area contributed by atoms with E-state index >= 15 is 0 Å². The molecule has 2 aromatic heterocycles. The van der Waals surface area contributed by atoms with Gasteiger partial charge >= 0.3 is 0 Å². The van der Waals surface area contributed by atoms with Crippen LogP contribution in [-0.4, -0.2) is 47.2 Å². The zero-order chi connectivity index (χ0) is 20.9. The number of benzene rings is 1. The van der Waals surface area contributed by atoms with E-state index < -0.39 is 0 Å². The van der Waals surface area contributed by atoms with E-state index in [0.29, 0.717) is 29.2 Å². The van der Waals surface area contributed by atoms with Gasteiger partial charge in [0.05, 0.1) is 25.4 Å². The van der Waals surface area contributed by atoms with Crippen molar-refractivity contribution in [1.82, 2.24) is 19.9 Å². The number of nitrogen functional groups attached to an aromatic ring is 2. The number of rotatable bonds is 3. The average Bonchev–Trinajstić information content (AvgIpc) is 3.09. The van der Waals surface area contributed by atoms with Gasteiger partial charge in [0.15, 0.2) is 11.5 Å². The van der Waals surface area contributed by atoms with Crippen molar-refractivity contribution in [3.05, 3.63) is 29.6 Å². The molecule has 156 valence electrons. The lowest BCUT2D eigenvalue weighted by Crippen LogP contribution is -2.46. The van der Waals surface area contributed by atoms with Crippen LogP contribution in [0.2, 0.25) is 0 Å². The third kappa shape index (κ3) is 2.84. The first kappa shape index (κ1) is 18.7. The Bertz CT molecular complexity index is 1130. The molecule has 5 rings (SSSR count). The Morgan fingerprint density at radius 1 is 1.03 bits per heavy atom. The topological polar surface area (TPSA) is 125 Å². The molecule has 0 radical (unpaired) electrons. The lowest BCUT2D eigenvalue weighted by Gasteiger charge is -2.40. The van der Waals surface area contributed by atoms with Crippen molar-refractivity contribution in [1.29, 1.82) is 0 Å². The third-order valence-electron chi connectivity index (χ3n) is 6.34. The molecular weight excluding hydrogens is 382 g/mol. The number of aryl methyl sites for hydroxylation is 1. The van der Waals surface area contributed by atoms with Crippen LogP contribution in [0.25, 0.3) is 10.9 Å². The van der Waals surface area contributed by atoms with Gasteiger partial charge in [-0.15, -0.1) is 0 Å². The summed E-state index contributed by atoms with van der Waals surface area (Å²) in [6, 6.07) is 3.66. The summed E-state index contributed by atoms with van der Waals surface area (Å²) in [5.41, 5.74) is 15.2. The minimum absolute atomic E-state index is 0.0463. The highest BCUT2D eigenvalue weighted by Crippen LogP contribution is 2.45. The molecule has 1 fully saturated rings. The van der Waals surface area contributed by atoms with Crippen LogP contribution >= 0.6 is 0 Å². The molecule has 4 N–H and O–H groups in total. The highest BCUT2D eigenvalue weighted by molar-refractivity contribution is 5.91. The van der Waals surface area contributed by atoms with Crippen LogP contribution < -0.4 is 25.8 Å². The monoisotopic (exact) mass is 407 g/mol. The van der Waals surface area contributed by atoms with Gasteiger partial charge in [-0.2, -0.15) is 4.98 Å². The molecule has 1 aromatic carbocycles. The van der Waals surface area contributed by atoms with Crippen molar-refractivity contribution in [3.8, 4) is 11.5 Å². The van der Waals surface area contributed by atoms with Crippen LogP contribution in [0, 0.1) is 0 Å². The van der Waals surface area contributed by atoms with E-state index in [4.69, 9.17) is 25.9 Å². The Labute approximate surface area is 174 Å². The van der Waals surface area contributed by atoms with Gasteiger partial charge in [-0.3, -0.25) is 0 Å². The molecule has 2 aliphatic rings. The van der Waals surface area contributed by atoms with Gasteiger partial charge in [0.25, 0.3) is 0 Å². The summed E-state index contributed by atoms with van der Waals surface area (Å²) in [5, 5.41) is 0.745. The average molecular weight is 407 g/mol. The molecular formula is C21H25N7O2. The van der Waals surface area contributed by atoms with Crippen LogP contribution in [0.4, 0.5) is 17.7 Å². The lowest BCUT2D eigenvalue weighted by molar-refractivity contribution is 0.332. The van der Waals surface area contributed by atoms with Crippen LogP contribution in [0.15, 0.2) is 18.3 Å². The maximum atomic E-state index is 6.31. The van der Waals surface area contributed by atoms with Gasteiger partial charge in [0.1, 0.15) is 5.82 Å². The number of piperidine rings is 1. The fourth-order valence-corrected chi connectivity index (χ4v) is 4.86. The Kier molecular flexibility index (Phi) is 4.27. The van der Waals surface area contributed by atoms with E-state index in [1.165, 1.54) is 5.56 Å². The van der Waals surface area contributed by atoms with E-state index in [0.717, 1.165) is 55.4 Å². The molecule has 1 atom stereocenters. The van der Waals surface area contributed by atoms with Crippen molar-refractivity contribution in [3.63, 3.8) is 0 Å². The Balaban J connectivity index is 1.54. The number of fused-ring (bicyclic) bond motifs is 3. The van der Waals surface area contributed by atoms with Crippen molar-refractivity contribution < 1.29 is 9.47 Å². The number of nitrogens with two attached hydrogens (primary N) is 2. The molecule has 0 amide bonds. The smallest absolute Gasteiger partial charge is 0.227 e. The predicted molar refractivity (Wildman–Crippen MR) is 115 cm³/mol. The molecule has 3 aromatic rings. The van der Waals surface area contributed by atoms with Crippen LogP contribution in [0.5, 0.6) is 11.5 Å². The first-order chi connectivity index (χ1) is 14.5. The number of nitrogens with zero attached hydrogens (tertiary/aromatic N) is 5. The fraction of sp³-hybridized carbons (Fsp3) is 0.429. The predicted octanol–water partition coefficient (Wildman–Crippen LogP) is 2.09. The summed E-state index contributed by atoms with van der Waals surface area (Å²) >= 11 is 0. The van der Waals surface area contributed by atoms with Gasteiger partial charge in [-0.05, 0) is 37.3 Å². The Morgan fingerprint density at radius 2 is 1.83 bits per heavy atom. The molecule has 0 saturated carbocycles.